The third kappa shape index (κ3) is 3.54. The molecule has 1 aliphatic heterocycles. The highest BCUT2D eigenvalue weighted by atomic mass is 32.2. The summed E-state index contributed by atoms with van der Waals surface area (Å²) < 4.78 is 5.55. The number of thioether (sulfide) groups is 1. The highest BCUT2D eigenvalue weighted by Crippen LogP contribution is 2.20. The fourth-order valence-electron chi connectivity index (χ4n) is 1.94. The van der Waals surface area contributed by atoms with Crippen molar-refractivity contribution < 1.29 is 4.74 Å². The van der Waals surface area contributed by atoms with E-state index in [1.807, 2.05) is 6.26 Å². The average molecular weight is 252 g/mol. The van der Waals surface area contributed by atoms with Crippen molar-refractivity contribution in [2.45, 2.75) is 0 Å². The summed E-state index contributed by atoms with van der Waals surface area (Å²) in [7, 11) is 2.18. The molecular weight excluding hydrogens is 232 g/mol. The van der Waals surface area contributed by atoms with E-state index in [1.54, 1.807) is 11.8 Å². The molecule has 0 aromatic heterocycles. The molecule has 1 aromatic carbocycles. The van der Waals surface area contributed by atoms with Crippen LogP contribution in [0.3, 0.4) is 0 Å². The summed E-state index contributed by atoms with van der Waals surface area (Å²) in [4.78, 5) is 4.80. The summed E-state index contributed by atoms with van der Waals surface area (Å²) in [5.41, 5.74) is 1.30. The number of piperazine rings is 1. The SMILES string of the molecule is CSCOc1ccc(N2CCN(C)CC2)cc1. The molecule has 4 heteroatoms. The van der Waals surface area contributed by atoms with E-state index < -0.39 is 0 Å². The van der Waals surface area contributed by atoms with Crippen LogP contribution >= 0.6 is 11.8 Å². The van der Waals surface area contributed by atoms with Crippen LogP contribution in [0.5, 0.6) is 5.75 Å². The first-order valence-electron chi connectivity index (χ1n) is 5.95. The Hall–Kier alpha value is -0.870. The molecule has 0 unspecified atom stereocenters. The van der Waals surface area contributed by atoms with Crippen LogP contribution in [0, 0.1) is 0 Å². The van der Waals surface area contributed by atoms with Crippen molar-refractivity contribution in [1.29, 1.82) is 0 Å². The van der Waals surface area contributed by atoms with E-state index in [0.29, 0.717) is 5.94 Å². The van der Waals surface area contributed by atoms with Crippen LogP contribution in [-0.4, -0.2) is 50.3 Å². The molecule has 17 heavy (non-hydrogen) atoms. The quantitative estimate of drug-likeness (QED) is 0.763. The number of benzene rings is 1. The predicted molar refractivity (Wildman–Crippen MR) is 75.2 cm³/mol. The first-order valence-corrected chi connectivity index (χ1v) is 7.34. The normalized spacial score (nSPS) is 17.2. The molecule has 1 fully saturated rings. The minimum atomic E-state index is 0.716. The van der Waals surface area contributed by atoms with E-state index >= 15 is 0 Å². The minimum Gasteiger partial charge on any atom is -0.483 e. The Kier molecular flexibility index (Phi) is 4.57. The second kappa shape index (κ2) is 6.17. The number of hydrogen-bond acceptors (Lipinski definition) is 4. The Morgan fingerprint density at radius 2 is 1.76 bits per heavy atom. The maximum atomic E-state index is 5.55. The van der Waals surface area contributed by atoms with Crippen LogP contribution in [0.4, 0.5) is 5.69 Å². The van der Waals surface area contributed by atoms with E-state index in [-0.39, 0.29) is 0 Å². The van der Waals surface area contributed by atoms with E-state index in [0.717, 1.165) is 31.9 Å². The summed E-state index contributed by atoms with van der Waals surface area (Å²) in [6.45, 7) is 4.51. The largest absolute Gasteiger partial charge is 0.483 e. The highest BCUT2D eigenvalue weighted by Gasteiger charge is 2.13. The zero-order valence-electron chi connectivity index (χ0n) is 10.6. The lowest BCUT2D eigenvalue weighted by atomic mass is 10.2. The van der Waals surface area contributed by atoms with E-state index in [4.69, 9.17) is 4.74 Å². The molecular formula is C13H20N2OS. The van der Waals surface area contributed by atoms with Gasteiger partial charge in [0.2, 0.25) is 0 Å². The van der Waals surface area contributed by atoms with Gasteiger partial charge in [-0.05, 0) is 37.6 Å². The first-order chi connectivity index (χ1) is 8.29. The van der Waals surface area contributed by atoms with Gasteiger partial charge in [0, 0.05) is 31.9 Å². The van der Waals surface area contributed by atoms with Gasteiger partial charge in [0.25, 0.3) is 0 Å². The number of nitrogens with zero attached hydrogens (tertiary/aromatic N) is 2. The standard InChI is InChI=1S/C13H20N2OS/c1-14-7-9-15(10-8-14)12-3-5-13(6-4-12)16-11-17-2/h3-6H,7-11H2,1-2H3. The molecule has 0 amide bonds. The molecule has 0 bridgehead atoms. The van der Waals surface area contributed by atoms with Crippen LogP contribution in [0.2, 0.25) is 0 Å². The zero-order chi connectivity index (χ0) is 12.1. The van der Waals surface area contributed by atoms with Gasteiger partial charge >= 0.3 is 0 Å². The molecule has 0 aliphatic carbocycles. The molecule has 3 nitrogen and oxygen atoms in total. The van der Waals surface area contributed by atoms with Crippen LogP contribution in [0.25, 0.3) is 0 Å². The monoisotopic (exact) mass is 252 g/mol. The molecule has 0 atom stereocenters. The van der Waals surface area contributed by atoms with E-state index in [2.05, 4.69) is 41.1 Å². The lowest BCUT2D eigenvalue weighted by Crippen LogP contribution is -2.44. The number of likely N-dealkylation sites (N-methyl/N-ethyl adjacent to an activating group) is 1. The van der Waals surface area contributed by atoms with E-state index in [9.17, 15) is 0 Å². The van der Waals surface area contributed by atoms with Crippen molar-refractivity contribution in [3.8, 4) is 5.75 Å². The molecule has 1 heterocycles. The molecule has 0 spiro atoms. The predicted octanol–water partition coefficient (Wildman–Crippen LogP) is 2.14. The van der Waals surface area contributed by atoms with E-state index in [1.165, 1.54) is 5.69 Å². The second-order valence-electron chi connectivity index (χ2n) is 4.34. The lowest BCUT2D eigenvalue weighted by molar-refractivity contribution is 0.313. The first kappa shape index (κ1) is 12.6. The topological polar surface area (TPSA) is 15.7 Å². The Morgan fingerprint density at radius 1 is 1.12 bits per heavy atom. The smallest absolute Gasteiger partial charge is 0.133 e. The van der Waals surface area contributed by atoms with Crippen molar-refractivity contribution in [2.24, 2.45) is 0 Å². The Morgan fingerprint density at radius 3 is 2.35 bits per heavy atom. The Balaban J connectivity index is 1.93. The lowest BCUT2D eigenvalue weighted by Gasteiger charge is -2.34. The maximum absolute atomic E-state index is 5.55. The maximum Gasteiger partial charge on any atom is 0.133 e. The number of rotatable bonds is 4. The molecule has 1 aliphatic rings. The van der Waals surface area contributed by atoms with Gasteiger partial charge < -0.3 is 14.5 Å². The Labute approximate surface area is 108 Å². The van der Waals surface area contributed by atoms with Gasteiger partial charge in [-0.1, -0.05) is 0 Å². The highest BCUT2D eigenvalue weighted by molar-refractivity contribution is 7.98. The van der Waals surface area contributed by atoms with Gasteiger partial charge in [0.15, 0.2) is 0 Å². The summed E-state index contributed by atoms with van der Waals surface area (Å²) >= 11 is 1.69. The third-order valence-corrected chi connectivity index (χ3v) is 3.40. The number of anilines is 1. The molecule has 1 aromatic rings. The summed E-state index contributed by atoms with van der Waals surface area (Å²) in [6.07, 6.45) is 2.04. The summed E-state index contributed by atoms with van der Waals surface area (Å²) in [6, 6.07) is 8.43. The van der Waals surface area contributed by atoms with Gasteiger partial charge in [0.1, 0.15) is 11.7 Å². The van der Waals surface area contributed by atoms with Crippen LogP contribution in [-0.2, 0) is 0 Å². The zero-order valence-corrected chi connectivity index (χ0v) is 11.4. The molecule has 0 radical (unpaired) electrons. The summed E-state index contributed by atoms with van der Waals surface area (Å²) in [5, 5.41) is 0. The van der Waals surface area contributed by atoms with Crippen molar-refractivity contribution in [3.05, 3.63) is 24.3 Å². The molecule has 2 rings (SSSR count). The van der Waals surface area contributed by atoms with Gasteiger partial charge in [-0.3, -0.25) is 0 Å². The molecule has 94 valence electrons. The van der Waals surface area contributed by atoms with Crippen LogP contribution < -0.4 is 9.64 Å². The van der Waals surface area contributed by atoms with Gasteiger partial charge in [-0.15, -0.1) is 11.8 Å². The number of ether oxygens (including phenoxy) is 1. The average Bonchev–Trinajstić information content (AvgIpc) is 2.38. The van der Waals surface area contributed by atoms with Crippen molar-refractivity contribution >= 4 is 17.4 Å². The second-order valence-corrected chi connectivity index (χ2v) is 5.15. The van der Waals surface area contributed by atoms with Crippen LogP contribution in [0.1, 0.15) is 0 Å². The third-order valence-electron chi connectivity index (χ3n) is 3.05. The van der Waals surface area contributed by atoms with Gasteiger partial charge in [-0.25, -0.2) is 0 Å². The van der Waals surface area contributed by atoms with Crippen molar-refractivity contribution in [2.75, 3.05) is 50.3 Å². The van der Waals surface area contributed by atoms with Gasteiger partial charge in [-0.2, -0.15) is 0 Å². The van der Waals surface area contributed by atoms with Crippen LogP contribution in [0.15, 0.2) is 24.3 Å². The molecule has 0 N–H and O–H groups in total. The number of hydrogen-bond donors (Lipinski definition) is 0. The molecule has 0 saturated carbocycles. The minimum absolute atomic E-state index is 0.716. The van der Waals surface area contributed by atoms with Crippen molar-refractivity contribution in [1.82, 2.24) is 4.90 Å². The Bertz CT molecular complexity index is 334. The van der Waals surface area contributed by atoms with Gasteiger partial charge in [0.05, 0.1) is 0 Å². The fraction of sp³-hybridized carbons (Fsp3) is 0.538. The van der Waals surface area contributed by atoms with Crippen molar-refractivity contribution in [3.63, 3.8) is 0 Å². The fourth-order valence-corrected chi connectivity index (χ4v) is 2.20. The summed E-state index contributed by atoms with van der Waals surface area (Å²) in [5.74, 6) is 1.67. The molecule has 1 saturated heterocycles.